The third-order valence-electron chi connectivity index (χ3n) is 2.21. The van der Waals surface area contributed by atoms with Gasteiger partial charge in [-0.15, -0.1) is 0 Å². The van der Waals surface area contributed by atoms with Crippen molar-refractivity contribution in [1.82, 2.24) is 4.90 Å². The van der Waals surface area contributed by atoms with E-state index >= 15 is 0 Å². The Labute approximate surface area is 99.2 Å². The monoisotopic (exact) mass is 227 g/mol. The Morgan fingerprint density at radius 1 is 0.938 bits per heavy atom. The molecule has 0 unspecified atom stereocenters. The van der Waals surface area contributed by atoms with Crippen LogP contribution in [0.5, 0.6) is 0 Å². The molecule has 94 valence electrons. The van der Waals surface area contributed by atoms with Crippen molar-refractivity contribution < 1.29 is 9.59 Å². The zero-order valence-electron chi connectivity index (χ0n) is 11.2. The van der Waals surface area contributed by atoms with Crippen molar-refractivity contribution in [2.45, 2.75) is 47.5 Å². The molecule has 0 saturated heterocycles. The molecule has 3 heteroatoms. The summed E-state index contributed by atoms with van der Waals surface area (Å²) < 4.78 is 0. The Kier molecular flexibility index (Phi) is 7.02. The first-order chi connectivity index (χ1) is 7.32. The van der Waals surface area contributed by atoms with Gasteiger partial charge in [0.15, 0.2) is 0 Å². The average Bonchev–Trinajstić information content (AvgIpc) is 2.11. The van der Waals surface area contributed by atoms with Gasteiger partial charge in [-0.1, -0.05) is 27.7 Å². The lowest BCUT2D eigenvalue weighted by molar-refractivity contribution is -0.133. The van der Waals surface area contributed by atoms with E-state index in [-0.39, 0.29) is 11.7 Å². The minimum absolute atomic E-state index is 0.0855. The van der Waals surface area contributed by atoms with Crippen LogP contribution < -0.4 is 0 Å². The fourth-order valence-corrected chi connectivity index (χ4v) is 1.60. The number of hydrogen-bond acceptors (Lipinski definition) is 2. The standard InChI is InChI=1S/C13H25NO2/c1-10(2)8-14(9-11(3)4)13(16)7-6-12(5)15/h10-11H,6-9H2,1-5H3. The Morgan fingerprint density at radius 3 is 1.69 bits per heavy atom. The lowest BCUT2D eigenvalue weighted by Crippen LogP contribution is -2.37. The van der Waals surface area contributed by atoms with Crippen LogP contribution >= 0.6 is 0 Å². The van der Waals surface area contributed by atoms with Crippen LogP contribution in [0, 0.1) is 11.8 Å². The van der Waals surface area contributed by atoms with Crippen molar-refractivity contribution in [1.29, 1.82) is 0 Å². The van der Waals surface area contributed by atoms with Crippen molar-refractivity contribution in [3.63, 3.8) is 0 Å². The Hall–Kier alpha value is -0.860. The van der Waals surface area contributed by atoms with Crippen LogP contribution in [0.4, 0.5) is 0 Å². The molecule has 0 radical (unpaired) electrons. The quantitative estimate of drug-likeness (QED) is 0.670. The summed E-state index contributed by atoms with van der Waals surface area (Å²) in [5, 5.41) is 0. The molecule has 0 saturated carbocycles. The van der Waals surface area contributed by atoms with Gasteiger partial charge in [-0.25, -0.2) is 0 Å². The van der Waals surface area contributed by atoms with E-state index in [1.165, 1.54) is 6.92 Å². The van der Waals surface area contributed by atoms with Gasteiger partial charge in [0, 0.05) is 25.9 Å². The number of carbonyl (C=O) groups is 2. The highest BCUT2D eigenvalue weighted by Gasteiger charge is 2.16. The van der Waals surface area contributed by atoms with E-state index in [0.29, 0.717) is 24.7 Å². The molecule has 16 heavy (non-hydrogen) atoms. The highest BCUT2D eigenvalue weighted by atomic mass is 16.2. The maximum Gasteiger partial charge on any atom is 0.223 e. The second-order valence-corrected chi connectivity index (χ2v) is 5.29. The first-order valence-corrected chi connectivity index (χ1v) is 6.10. The van der Waals surface area contributed by atoms with Gasteiger partial charge >= 0.3 is 0 Å². The second-order valence-electron chi connectivity index (χ2n) is 5.29. The van der Waals surface area contributed by atoms with Gasteiger partial charge < -0.3 is 9.69 Å². The third kappa shape index (κ3) is 7.43. The largest absolute Gasteiger partial charge is 0.342 e. The van der Waals surface area contributed by atoms with E-state index in [0.717, 1.165) is 13.1 Å². The highest BCUT2D eigenvalue weighted by molar-refractivity contribution is 5.83. The van der Waals surface area contributed by atoms with E-state index in [1.807, 2.05) is 4.90 Å². The molecule has 0 aliphatic heterocycles. The SMILES string of the molecule is CC(=O)CCC(=O)N(CC(C)C)CC(C)C. The highest BCUT2D eigenvalue weighted by Crippen LogP contribution is 2.07. The lowest BCUT2D eigenvalue weighted by atomic mass is 10.1. The summed E-state index contributed by atoms with van der Waals surface area (Å²) in [6.45, 7) is 11.5. The van der Waals surface area contributed by atoms with Crippen LogP contribution in [0.3, 0.4) is 0 Å². The average molecular weight is 227 g/mol. The van der Waals surface area contributed by atoms with Crippen molar-refractivity contribution in [3.8, 4) is 0 Å². The van der Waals surface area contributed by atoms with Crippen LogP contribution in [0.15, 0.2) is 0 Å². The molecule has 0 aromatic heterocycles. The number of hydrogen-bond donors (Lipinski definition) is 0. The molecule has 0 aliphatic rings. The van der Waals surface area contributed by atoms with Gasteiger partial charge in [-0.3, -0.25) is 4.79 Å². The van der Waals surface area contributed by atoms with Gasteiger partial charge in [0.25, 0.3) is 0 Å². The summed E-state index contributed by atoms with van der Waals surface area (Å²) in [4.78, 5) is 24.6. The molecule has 0 rings (SSSR count). The zero-order valence-corrected chi connectivity index (χ0v) is 11.2. The van der Waals surface area contributed by atoms with Crippen LogP contribution in [0.2, 0.25) is 0 Å². The molecule has 0 heterocycles. The number of carbonyl (C=O) groups excluding carboxylic acids is 2. The van der Waals surface area contributed by atoms with Gasteiger partial charge in [0.05, 0.1) is 0 Å². The molecule has 0 aromatic rings. The first-order valence-electron chi connectivity index (χ1n) is 6.10. The van der Waals surface area contributed by atoms with E-state index in [9.17, 15) is 9.59 Å². The number of nitrogens with zero attached hydrogens (tertiary/aromatic N) is 1. The predicted molar refractivity (Wildman–Crippen MR) is 66.2 cm³/mol. The molecule has 0 aliphatic carbocycles. The van der Waals surface area contributed by atoms with Crippen molar-refractivity contribution in [2.75, 3.05) is 13.1 Å². The summed E-state index contributed by atoms with van der Waals surface area (Å²) in [5.74, 6) is 1.14. The van der Waals surface area contributed by atoms with Crippen molar-refractivity contribution in [3.05, 3.63) is 0 Å². The molecule has 0 spiro atoms. The summed E-state index contributed by atoms with van der Waals surface area (Å²) in [6.07, 6.45) is 0.723. The maximum absolute atomic E-state index is 11.9. The van der Waals surface area contributed by atoms with Gasteiger partial charge in [-0.05, 0) is 18.8 Å². The van der Waals surface area contributed by atoms with E-state index < -0.39 is 0 Å². The molecule has 1 amide bonds. The van der Waals surface area contributed by atoms with Crippen molar-refractivity contribution in [2.24, 2.45) is 11.8 Å². The zero-order chi connectivity index (χ0) is 12.7. The molecule has 0 aromatic carbocycles. The van der Waals surface area contributed by atoms with Gasteiger partial charge in [-0.2, -0.15) is 0 Å². The Bertz CT molecular complexity index is 224. The summed E-state index contributed by atoms with van der Waals surface area (Å²) in [6, 6.07) is 0. The summed E-state index contributed by atoms with van der Waals surface area (Å²) >= 11 is 0. The molecular formula is C13H25NO2. The molecule has 0 N–H and O–H groups in total. The van der Waals surface area contributed by atoms with Crippen LogP contribution in [0.25, 0.3) is 0 Å². The fourth-order valence-electron chi connectivity index (χ4n) is 1.60. The van der Waals surface area contributed by atoms with E-state index in [1.54, 1.807) is 0 Å². The minimum Gasteiger partial charge on any atom is -0.342 e. The fraction of sp³-hybridized carbons (Fsp3) is 0.846. The van der Waals surface area contributed by atoms with Crippen molar-refractivity contribution >= 4 is 11.7 Å². The third-order valence-corrected chi connectivity index (χ3v) is 2.21. The van der Waals surface area contributed by atoms with Crippen LogP contribution in [-0.4, -0.2) is 29.7 Å². The second kappa shape index (κ2) is 7.42. The Balaban J connectivity index is 4.25. The number of Topliss-reactive ketones (excluding diaryl/α,β-unsaturated/α-hetero) is 1. The van der Waals surface area contributed by atoms with E-state index in [2.05, 4.69) is 27.7 Å². The number of amides is 1. The van der Waals surface area contributed by atoms with Crippen LogP contribution in [-0.2, 0) is 9.59 Å². The molecule has 0 atom stereocenters. The first kappa shape index (κ1) is 15.1. The van der Waals surface area contributed by atoms with Gasteiger partial charge in [0.1, 0.15) is 5.78 Å². The maximum atomic E-state index is 11.9. The minimum atomic E-state index is 0.0855. The lowest BCUT2D eigenvalue weighted by Gasteiger charge is -2.26. The summed E-state index contributed by atoms with van der Waals surface area (Å²) in [5.41, 5.74) is 0. The summed E-state index contributed by atoms with van der Waals surface area (Å²) in [7, 11) is 0. The topological polar surface area (TPSA) is 37.4 Å². The predicted octanol–water partition coefficient (Wildman–Crippen LogP) is 2.50. The Morgan fingerprint density at radius 2 is 1.38 bits per heavy atom. The molecule has 0 bridgehead atoms. The molecule has 0 fully saturated rings. The van der Waals surface area contributed by atoms with E-state index in [4.69, 9.17) is 0 Å². The normalized spacial score (nSPS) is 10.9. The molecule has 3 nitrogen and oxygen atoms in total. The smallest absolute Gasteiger partial charge is 0.223 e. The van der Waals surface area contributed by atoms with Crippen LogP contribution in [0.1, 0.15) is 47.5 Å². The van der Waals surface area contributed by atoms with Gasteiger partial charge in [0.2, 0.25) is 5.91 Å². The molecular weight excluding hydrogens is 202 g/mol. The number of rotatable bonds is 7. The number of ketones is 1.